The van der Waals surface area contributed by atoms with E-state index in [1.807, 2.05) is 30.7 Å². The van der Waals surface area contributed by atoms with Crippen LogP contribution in [0.25, 0.3) is 0 Å². The van der Waals surface area contributed by atoms with Gasteiger partial charge in [0.2, 0.25) is 17.7 Å². The fraction of sp³-hybridized carbons (Fsp3) is 0.549. The summed E-state index contributed by atoms with van der Waals surface area (Å²) in [7, 11) is 5.01. The second-order valence-corrected chi connectivity index (χ2v) is 22.7. The van der Waals surface area contributed by atoms with Crippen LogP contribution in [-0.4, -0.2) is 158 Å². The number of amides is 7. The summed E-state index contributed by atoms with van der Waals surface area (Å²) in [6.07, 6.45) is 6.65. The van der Waals surface area contributed by atoms with Crippen LogP contribution in [0.4, 0.5) is 20.7 Å². The molecule has 0 spiro atoms. The number of nitrogens with one attached hydrogen (secondary N) is 3. The molecule has 21 nitrogen and oxygen atoms in total. The van der Waals surface area contributed by atoms with Crippen LogP contribution in [0.5, 0.6) is 6.01 Å². The number of hydroxylamine groups is 2. The molecule has 4 aliphatic heterocycles. The zero-order valence-electron chi connectivity index (χ0n) is 44.4. The molecular weight excluding hydrogens is 1010 g/mol. The molecule has 1 saturated carbocycles. The Kier molecular flexibility index (Phi) is 17.6. The molecule has 4 fully saturated rings. The number of aromatic nitrogens is 3. The monoisotopic (exact) mass is 1070 g/mol. The first-order valence-corrected chi connectivity index (χ1v) is 27.7. The molecule has 1 aliphatic carbocycles. The lowest BCUT2D eigenvalue weighted by atomic mass is 10.0. The van der Waals surface area contributed by atoms with Crippen LogP contribution >= 0.6 is 21.6 Å². The number of likely N-dealkylation sites (tertiary alicyclic amines) is 1. The first-order chi connectivity index (χ1) is 36.9. The molecule has 6 heterocycles. The van der Waals surface area contributed by atoms with E-state index < -0.39 is 52.5 Å². The van der Waals surface area contributed by atoms with E-state index in [-0.39, 0.29) is 86.4 Å². The van der Waals surface area contributed by atoms with E-state index in [2.05, 4.69) is 41.0 Å². The number of anilines is 2. The van der Waals surface area contributed by atoms with Gasteiger partial charge >= 0.3 is 18.0 Å². The van der Waals surface area contributed by atoms with E-state index in [1.54, 1.807) is 57.2 Å². The van der Waals surface area contributed by atoms with Gasteiger partial charge in [-0.2, -0.15) is 10.1 Å². The summed E-state index contributed by atoms with van der Waals surface area (Å²) in [6, 6.07) is 7.73. The lowest BCUT2D eigenvalue weighted by Crippen LogP contribution is -2.55. The number of hydrogen-bond acceptors (Lipinski definition) is 17. The number of urea groups is 1. The average Bonchev–Trinajstić information content (AvgIpc) is 4.07. The average molecular weight is 1080 g/mol. The fourth-order valence-corrected chi connectivity index (χ4v) is 11.8. The van der Waals surface area contributed by atoms with Crippen molar-refractivity contribution >= 4 is 80.3 Å². The molecule has 2 atom stereocenters. The number of piperidine rings is 1. The predicted molar refractivity (Wildman–Crippen MR) is 280 cm³/mol. The van der Waals surface area contributed by atoms with Gasteiger partial charge < -0.3 is 34.9 Å². The van der Waals surface area contributed by atoms with Gasteiger partial charge in [-0.3, -0.25) is 33.9 Å². The normalized spacial score (nSPS) is 20.9. The highest BCUT2D eigenvalue weighted by Crippen LogP contribution is 2.47. The molecule has 3 aromatic rings. The third-order valence-corrected chi connectivity index (χ3v) is 16.8. The minimum absolute atomic E-state index is 0.0189. The molecule has 0 unspecified atom stereocenters. The Balaban J connectivity index is 0.684. The number of pyridine rings is 1. The van der Waals surface area contributed by atoms with Gasteiger partial charge in [-0.1, -0.05) is 33.7 Å². The number of nitrogens with zero attached hydrogens (tertiary/aromatic N) is 9. The number of ether oxygens (including phenoxy) is 1. The number of fused-ring (bicyclic) bond motifs is 1. The van der Waals surface area contributed by atoms with Crippen LogP contribution in [0.2, 0.25) is 0 Å². The summed E-state index contributed by atoms with van der Waals surface area (Å²) in [5, 5.41) is 10.5. The predicted octanol–water partition coefficient (Wildman–Crippen LogP) is 5.03. The smallest absolute Gasteiger partial charge is 0.333 e. The van der Waals surface area contributed by atoms with Gasteiger partial charge in [0.15, 0.2) is 0 Å². The van der Waals surface area contributed by atoms with Crippen molar-refractivity contribution in [1.82, 2.24) is 45.5 Å². The molecule has 5 aliphatic rings. The standard InChI is InChI=1S/C51H65FN12O9S2/c1-51(2,29-42(65)59-58-41-8-5-18-60(3)47-39(41)32-54-49(57-47)72-25-6-9-46(69)73-64-44(67)12-13-45(64)68)75-74-26-16-43(66)62-23-21-61(22-24-62)36-14-19-63(20-15-36)50(71)55-31-34-10-11-35(27-40(34)52)56-48(70)38-28-37(38)33-7-4-17-53-30-33/h4,7,10-11,17,27,30,32,36-38H,5-6,8-9,12-16,18-26,28-29,31H2,1-3H3,(H,55,71)(H,56,70)(H,59,65)/b58-41+/t37-,38+/m1/s1/i28D2. The van der Waals surface area contributed by atoms with Crippen molar-refractivity contribution in [3.8, 4) is 6.01 Å². The lowest BCUT2D eigenvalue weighted by Gasteiger charge is -2.42. The fourth-order valence-electron chi connectivity index (χ4n) is 9.28. The molecule has 3 N–H and O–H groups in total. The van der Waals surface area contributed by atoms with Crippen LogP contribution in [0.3, 0.4) is 0 Å². The zero-order chi connectivity index (χ0) is 54.9. The minimum Gasteiger partial charge on any atom is -0.463 e. The highest BCUT2D eigenvalue weighted by molar-refractivity contribution is 8.77. The Bertz CT molecular complexity index is 2700. The molecule has 75 heavy (non-hydrogen) atoms. The number of rotatable bonds is 20. The van der Waals surface area contributed by atoms with E-state index in [4.69, 9.17) is 12.3 Å². The third-order valence-electron chi connectivity index (χ3n) is 13.5. The number of carbonyl (C=O) groups excluding carboxylic acids is 7. The van der Waals surface area contributed by atoms with Crippen LogP contribution in [0.15, 0.2) is 54.0 Å². The van der Waals surface area contributed by atoms with Crippen molar-refractivity contribution < 1.29 is 50.3 Å². The van der Waals surface area contributed by atoms with Gasteiger partial charge in [0.25, 0.3) is 11.8 Å². The van der Waals surface area contributed by atoms with Crippen molar-refractivity contribution in [2.45, 2.75) is 108 Å². The van der Waals surface area contributed by atoms with Gasteiger partial charge in [-0.15, -0.1) is 5.06 Å². The first kappa shape index (κ1) is 52.1. The Morgan fingerprint density at radius 3 is 2.47 bits per heavy atom. The summed E-state index contributed by atoms with van der Waals surface area (Å²) in [5.41, 5.74) is 5.10. The Labute approximate surface area is 446 Å². The second kappa shape index (κ2) is 25.4. The Hall–Kier alpha value is -6.40. The number of hydrogen-bond donors (Lipinski definition) is 3. The number of imide groups is 1. The number of hydrazone groups is 1. The van der Waals surface area contributed by atoms with Crippen molar-refractivity contribution in [2.24, 2.45) is 11.0 Å². The minimum atomic E-state index is -1.74. The largest absolute Gasteiger partial charge is 0.463 e. The Morgan fingerprint density at radius 2 is 1.73 bits per heavy atom. The van der Waals surface area contributed by atoms with Crippen LogP contribution in [0, 0.1) is 11.7 Å². The highest BCUT2D eigenvalue weighted by atomic mass is 33.1. The van der Waals surface area contributed by atoms with Gasteiger partial charge in [-0.25, -0.2) is 24.4 Å². The maximum Gasteiger partial charge on any atom is 0.333 e. The quantitative estimate of drug-likeness (QED) is 0.0582. The molecule has 3 saturated heterocycles. The maximum atomic E-state index is 15.1. The van der Waals surface area contributed by atoms with Gasteiger partial charge in [-0.05, 0) is 82.0 Å². The first-order valence-electron chi connectivity index (χ1n) is 26.3. The van der Waals surface area contributed by atoms with E-state index in [9.17, 15) is 33.6 Å². The number of halogens is 1. The molecule has 0 bridgehead atoms. The van der Waals surface area contributed by atoms with Crippen molar-refractivity contribution in [2.75, 3.05) is 75.4 Å². The summed E-state index contributed by atoms with van der Waals surface area (Å²) >= 11 is 0. The molecule has 402 valence electrons. The van der Waals surface area contributed by atoms with Crippen molar-refractivity contribution in [1.29, 1.82) is 0 Å². The van der Waals surface area contributed by atoms with Crippen LogP contribution < -0.4 is 25.7 Å². The molecule has 1 aromatic carbocycles. The van der Waals surface area contributed by atoms with Gasteiger partial charge in [0.1, 0.15) is 11.6 Å². The molecule has 24 heteroatoms. The van der Waals surface area contributed by atoms with Crippen LogP contribution in [0.1, 0.15) is 110 Å². The molecular formula is C51H65FN12O9S2. The SMILES string of the molecule is [2H]C1([2H])[C@H](C(=O)Nc2ccc(CNC(=O)N3CCC(N4CCN(C(=O)CCSSC(C)(C)CC(=O)N/N=C5\CCCN(C)c6nc(OCCCC(=O)ON7C(=O)CCC7=O)ncc65)CC4)CC3)c(F)c2)[C@H]1c1cccnc1. The lowest BCUT2D eigenvalue weighted by molar-refractivity contribution is -0.197. The summed E-state index contributed by atoms with van der Waals surface area (Å²) < 4.78 is 36.9. The molecule has 2 aromatic heterocycles. The summed E-state index contributed by atoms with van der Waals surface area (Å²) in [5.74, 6) is -3.47. The molecule has 7 amide bonds. The van der Waals surface area contributed by atoms with E-state index in [0.29, 0.717) is 79.0 Å². The van der Waals surface area contributed by atoms with Crippen molar-refractivity contribution in [3.05, 3.63) is 71.4 Å². The molecule has 8 rings (SSSR count). The second-order valence-electron chi connectivity index (χ2n) is 19.6. The van der Waals surface area contributed by atoms with E-state index >= 15 is 4.39 Å². The number of carbonyl (C=O) groups is 7. The third kappa shape index (κ3) is 15.1. The van der Waals surface area contributed by atoms with Gasteiger partial charge in [0, 0.05) is 140 Å². The van der Waals surface area contributed by atoms with Gasteiger partial charge in [0.05, 0.1) is 24.3 Å². The summed E-state index contributed by atoms with van der Waals surface area (Å²) in [4.78, 5) is 114. The topological polar surface area (TPSA) is 241 Å². The number of piperazine rings is 1. The van der Waals surface area contributed by atoms with Crippen molar-refractivity contribution in [3.63, 3.8) is 0 Å². The summed E-state index contributed by atoms with van der Waals surface area (Å²) in [6.45, 7) is 8.51. The highest BCUT2D eigenvalue weighted by Gasteiger charge is 2.44. The molecule has 0 radical (unpaired) electrons. The van der Waals surface area contributed by atoms with E-state index in [1.165, 1.54) is 18.2 Å². The van der Waals surface area contributed by atoms with Crippen LogP contribution in [-0.2, 0) is 40.1 Å². The number of benzene rings is 1. The Morgan fingerprint density at radius 1 is 0.960 bits per heavy atom. The maximum absolute atomic E-state index is 15.1. The van der Waals surface area contributed by atoms with E-state index in [0.717, 1.165) is 32.4 Å². The zero-order valence-corrected chi connectivity index (χ0v) is 44.0.